The van der Waals surface area contributed by atoms with Gasteiger partial charge in [-0.1, -0.05) is 0 Å². The topological polar surface area (TPSA) is 82.3 Å². The van der Waals surface area contributed by atoms with Gasteiger partial charge in [-0.3, -0.25) is 4.79 Å². The molecule has 0 bridgehead atoms. The lowest BCUT2D eigenvalue weighted by molar-refractivity contribution is -0.117. The molecule has 1 saturated heterocycles. The van der Waals surface area contributed by atoms with Crippen molar-refractivity contribution >= 4 is 57.2 Å². The lowest BCUT2D eigenvalue weighted by atomic mass is 10.1. The molecule has 22 heavy (non-hydrogen) atoms. The number of hydrogen-bond donors (Lipinski definition) is 2. The molecule has 0 saturated carbocycles. The molecule has 1 heterocycles. The van der Waals surface area contributed by atoms with E-state index in [1.54, 1.807) is 12.1 Å². The Balaban J connectivity index is 2.09. The van der Waals surface area contributed by atoms with Crippen LogP contribution in [0.25, 0.3) is 6.08 Å². The van der Waals surface area contributed by atoms with Gasteiger partial charge in [0, 0.05) is 13.2 Å². The van der Waals surface area contributed by atoms with Crippen molar-refractivity contribution in [2.24, 2.45) is 0 Å². The molecule has 0 unspecified atom stereocenters. The summed E-state index contributed by atoms with van der Waals surface area (Å²) in [5.41, 5.74) is 0.741. The Bertz CT molecular complexity index is 624. The Morgan fingerprint density at radius 2 is 2.18 bits per heavy atom. The number of rotatable bonds is 4. The number of phenolic OH excluding ortho intramolecular Hbond substituents is 1. The second-order valence-electron chi connectivity index (χ2n) is 4.85. The number of hydrogen-bond acceptors (Lipinski definition) is 4. The highest BCUT2D eigenvalue weighted by Gasteiger charge is 2.17. The van der Waals surface area contributed by atoms with E-state index in [2.05, 4.69) is 5.32 Å². The summed E-state index contributed by atoms with van der Waals surface area (Å²) >= 11 is 4.02. The van der Waals surface area contributed by atoms with Gasteiger partial charge in [-0.05, 0) is 81.8 Å². The van der Waals surface area contributed by atoms with Gasteiger partial charge < -0.3 is 15.2 Å². The molecule has 2 N–H and O–H groups in total. The largest absolute Gasteiger partial charge is 0.506 e. The quantitative estimate of drug-likeness (QED) is 0.361. The van der Waals surface area contributed by atoms with E-state index >= 15 is 0 Å². The summed E-state index contributed by atoms with van der Waals surface area (Å²) in [6, 6.07) is 5.37. The van der Waals surface area contributed by atoms with Crippen LogP contribution in [0.1, 0.15) is 18.4 Å². The molecule has 2 rings (SSSR count). The Kier molecular flexibility index (Phi) is 6.46. The number of amides is 1. The standard InChI is InChI=1S/C15H14I2N2O3/c16-12-5-9(6-13(17)14(12)20)4-10(7-18)15(21)19-8-11-2-1-3-22-11/h4-6,11,20H,1-3,8H2,(H,19,21)/b10-4+/t11-/m0/s1. The van der Waals surface area contributed by atoms with Gasteiger partial charge >= 0.3 is 0 Å². The summed E-state index contributed by atoms with van der Waals surface area (Å²) < 4.78 is 6.78. The van der Waals surface area contributed by atoms with Crippen LogP contribution in [0.4, 0.5) is 0 Å². The third-order valence-electron chi connectivity index (χ3n) is 3.23. The van der Waals surface area contributed by atoms with Crippen LogP contribution in [0.5, 0.6) is 5.75 Å². The van der Waals surface area contributed by atoms with E-state index in [1.807, 2.05) is 51.3 Å². The third-order valence-corrected chi connectivity index (χ3v) is 4.87. The number of carbonyl (C=O) groups is 1. The highest BCUT2D eigenvalue weighted by atomic mass is 127. The lowest BCUT2D eigenvalue weighted by Gasteiger charge is -2.10. The molecule has 0 aliphatic carbocycles. The Hall–Kier alpha value is -0.860. The molecule has 1 atom stereocenters. The van der Waals surface area contributed by atoms with E-state index in [4.69, 9.17) is 4.74 Å². The van der Waals surface area contributed by atoms with Gasteiger partial charge in [0.2, 0.25) is 0 Å². The Labute approximate surface area is 156 Å². The molecule has 116 valence electrons. The lowest BCUT2D eigenvalue weighted by Crippen LogP contribution is -2.32. The molecule has 1 aliphatic heterocycles. The number of phenols is 1. The van der Waals surface area contributed by atoms with E-state index in [-0.39, 0.29) is 17.4 Å². The normalized spacial score (nSPS) is 18.0. The molecule has 1 aromatic rings. The number of benzene rings is 1. The molecule has 7 heteroatoms. The molecule has 0 aromatic heterocycles. The van der Waals surface area contributed by atoms with E-state index < -0.39 is 5.91 Å². The number of nitrogens with one attached hydrogen (secondary N) is 1. The van der Waals surface area contributed by atoms with Crippen LogP contribution in [0.2, 0.25) is 0 Å². The highest BCUT2D eigenvalue weighted by molar-refractivity contribution is 14.1. The SMILES string of the molecule is N#C/C(=C\c1cc(I)c(O)c(I)c1)C(=O)NC[C@@H]1CCCO1. The zero-order valence-electron chi connectivity index (χ0n) is 11.6. The predicted molar refractivity (Wildman–Crippen MR) is 99.1 cm³/mol. The summed E-state index contributed by atoms with van der Waals surface area (Å²) in [6.45, 7) is 1.15. The van der Waals surface area contributed by atoms with Crippen LogP contribution >= 0.6 is 45.2 Å². The summed E-state index contributed by atoms with van der Waals surface area (Å²) in [5.74, 6) is -0.198. The van der Waals surface area contributed by atoms with Crippen molar-refractivity contribution in [2.75, 3.05) is 13.2 Å². The second-order valence-corrected chi connectivity index (χ2v) is 7.17. The zero-order valence-corrected chi connectivity index (χ0v) is 15.9. The molecule has 1 aliphatic rings. The van der Waals surface area contributed by atoms with E-state index in [9.17, 15) is 15.2 Å². The first-order chi connectivity index (χ1) is 10.5. The fraction of sp³-hybridized carbons (Fsp3) is 0.333. The smallest absolute Gasteiger partial charge is 0.262 e. The van der Waals surface area contributed by atoms with Crippen molar-refractivity contribution in [1.29, 1.82) is 5.26 Å². The van der Waals surface area contributed by atoms with Crippen LogP contribution in [-0.4, -0.2) is 30.3 Å². The van der Waals surface area contributed by atoms with Crippen molar-refractivity contribution in [2.45, 2.75) is 18.9 Å². The van der Waals surface area contributed by atoms with Crippen LogP contribution < -0.4 is 5.32 Å². The minimum absolute atomic E-state index is 0.0373. The molecular formula is C15H14I2N2O3. The number of nitriles is 1. The van der Waals surface area contributed by atoms with E-state index in [0.29, 0.717) is 19.2 Å². The fourth-order valence-corrected chi connectivity index (χ4v) is 3.91. The first-order valence-electron chi connectivity index (χ1n) is 6.71. The molecule has 5 nitrogen and oxygen atoms in total. The van der Waals surface area contributed by atoms with Gasteiger partial charge in [-0.25, -0.2) is 0 Å². The maximum absolute atomic E-state index is 12.1. The predicted octanol–water partition coefficient (Wildman–Crippen LogP) is 2.80. The summed E-state index contributed by atoms with van der Waals surface area (Å²) in [5, 5.41) is 21.7. The van der Waals surface area contributed by atoms with Crippen molar-refractivity contribution in [3.8, 4) is 11.8 Å². The molecule has 1 amide bonds. The van der Waals surface area contributed by atoms with Crippen LogP contribution in [0, 0.1) is 18.5 Å². The van der Waals surface area contributed by atoms with Gasteiger partial charge in [0.15, 0.2) is 0 Å². The number of aromatic hydroxyl groups is 1. The highest BCUT2D eigenvalue weighted by Crippen LogP contribution is 2.28. The Morgan fingerprint density at radius 1 is 1.50 bits per heavy atom. The van der Waals surface area contributed by atoms with Crippen molar-refractivity contribution in [3.05, 3.63) is 30.4 Å². The van der Waals surface area contributed by atoms with Gasteiger partial charge in [-0.2, -0.15) is 5.26 Å². The van der Waals surface area contributed by atoms with Crippen LogP contribution in [0.15, 0.2) is 17.7 Å². The number of nitrogens with zero attached hydrogens (tertiary/aromatic N) is 1. The first kappa shape index (κ1) is 17.5. The molecule has 0 spiro atoms. The van der Waals surface area contributed by atoms with Gasteiger partial charge in [0.05, 0.1) is 13.2 Å². The molecule has 0 radical (unpaired) electrons. The summed E-state index contributed by atoms with van der Waals surface area (Å²) in [7, 11) is 0. The monoisotopic (exact) mass is 524 g/mol. The number of halogens is 2. The maximum Gasteiger partial charge on any atom is 0.262 e. The molecule has 1 fully saturated rings. The molecule has 1 aromatic carbocycles. The molecular weight excluding hydrogens is 510 g/mol. The van der Waals surface area contributed by atoms with E-state index in [0.717, 1.165) is 19.4 Å². The average molecular weight is 524 g/mol. The van der Waals surface area contributed by atoms with Gasteiger partial charge in [-0.15, -0.1) is 0 Å². The first-order valence-corrected chi connectivity index (χ1v) is 8.86. The minimum atomic E-state index is -0.406. The summed E-state index contributed by atoms with van der Waals surface area (Å²) in [4.78, 5) is 12.1. The van der Waals surface area contributed by atoms with Crippen molar-refractivity contribution in [1.82, 2.24) is 5.32 Å². The second kappa shape index (κ2) is 8.12. The van der Waals surface area contributed by atoms with Crippen LogP contribution in [0.3, 0.4) is 0 Å². The van der Waals surface area contributed by atoms with Gasteiger partial charge in [0.1, 0.15) is 17.4 Å². The Morgan fingerprint density at radius 3 is 2.73 bits per heavy atom. The third kappa shape index (κ3) is 4.57. The van der Waals surface area contributed by atoms with Gasteiger partial charge in [0.25, 0.3) is 5.91 Å². The fourth-order valence-electron chi connectivity index (χ4n) is 2.09. The summed E-state index contributed by atoms with van der Waals surface area (Å²) in [6.07, 6.45) is 3.50. The van der Waals surface area contributed by atoms with Crippen LogP contribution in [-0.2, 0) is 9.53 Å². The zero-order chi connectivity index (χ0) is 16.1. The number of carbonyl (C=O) groups excluding carboxylic acids is 1. The minimum Gasteiger partial charge on any atom is -0.506 e. The number of ether oxygens (including phenoxy) is 1. The average Bonchev–Trinajstić information content (AvgIpc) is 3.01. The van der Waals surface area contributed by atoms with Crippen molar-refractivity contribution < 1.29 is 14.6 Å². The van der Waals surface area contributed by atoms with Crippen molar-refractivity contribution in [3.63, 3.8) is 0 Å². The van der Waals surface area contributed by atoms with E-state index in [1.165, 1.54) is 6.08 Å². The maximum atomic E-state index is 12.1.